The molecule has 3 aromatic rings. The van der Waals surface area contributed by atoms with Gasteiger partial charge in [0.2, 0.25) is 0 Å². The van der Waals surface area contributed by atoms with Crippen molar-refractivity contribution in [3.05, 3.63) is 59.9 Å². The van der Waals surface area contributed by atoms with E-state index in [2.05, 4.69) is 9.97 Å². The van der Waals surface area contributed by atoms with Crippen LogP contribution in [0.4, 0.5) is 5.69 Å². The Balaban J connectivity index is 1.51. The van der Waals surface area contributed by atoms with Gasteiger partial charge in [0.05, 0.1) is 16.6 Å². The zero-order valence-electron chi connectivity index (χ0n) is 16.3. The number of amides is 2. The highest BCUT2D eigenvalue weighted by Crippen LogP contribution is 2.26. The standard InChI is InChI=1S/C21H21N5O4/c1-13-12-25(20(28)14-5-3-2-4-6-14)9-10-26(13)21(29)18(27)15-11-23-19-17(15)16(24-30)7-8-22-19/h2-8,11,13,30H,9-10,12H2,1H3,(H2,22,23,24). The molecule has 0 spiro atoms. The zero-order chi connectivity index (χ0) is 21.3. The van der Waals surface area contributed by atoms with Crippen molar-refractivity contribution in [3.63, 3.8) is 0 Å². The highest BCUT2D eigenvalue weighted by molar-refractivity contribution is 6.45. The maximum Gasteiger partial charge on any atom is 0.295 e. The third-order valence-electron chi connectivity index (χ3n) is 5.33. The van der Waals surface area contributed by atoms with Crippen LogP contribution < -0.4 is 5.48 Å². The molecule has 9 heteroatoms. The molecule has 9 nitrogen and oxygen atoms in total. The summed E-state index contributed by atoms with van der Waals surface area (Å²) in [6.07, 6.45) is 2.89. The van der Waals surface area contributed by atoms with Crippen molar-refractivity contribution in [2.75, 3.05) is 25.1 Å². The van der Waals surface area contributed by atoms with Crippen molar-refractivity contribution >= 4 is 34.3 Å². The molecule has 1 fully saturated rings. The van der Waals surface area contributed by atoms with Crippen LogP contribution in [0.25, 0.3) is 11.0 Å². The van der Waals surface area contributed by atoms with Gasteiger partial charge in [-0.15, -0.1) is 0 Å². The number of aromatic amines is 1. The molecule has 2 amide bonds. The number of fused-ring (bicyclic) bond motifs is 1. The first kappa shape index (κ1) is 19.6. The first-order chi connectivity index (χ1) is 14.5. The lowest BCUT2D eigenvalue weighted by atomic mass is 10.1. The van der Waals surface area contributed by atoms with E-state index in [-0.39, 0.29) is 29.7 Å². The smallest absolute Gasteiger partial charge is 0.295 e. The van der Waals surface area contributed by atoms with Gasteiger partial charge in [-0.3, -0.25) is 25.1 Å². The normalized spacial score (nSPS) is 16.5. The minimum atomic E-state index is -0.694. The lowest BCUT2D eigenvalue weighted by Crippen LogP contribution is -2.56. The van der Waals surface area contributed by atoms with Crippen molar-refractivity contribution in [1.29, 1.82) is 0 Å². The highest BCUT2D eigenvalue weighted by atomic mass is 16.5. The van der Waals surface area contributed by atoms with Crippen molar-refractivity contribution in [3.8, 4) is 0 Å². The van der Waals surface area contributed by atoms with Crippen LogP contribution in [-0.2, 0) is 4.79 Å². The largest absolute Gasteiger partial charge is 0.345 e. The molecule has 1 aliphatic rings. The van der Waals surface area contributed by atoms with Gasteiger partial charge in [-0.1, -0.05) is 18.2 Å². The Morgan fingerprint density at radius 3 is 2.63 bits per heavy atom. The Bertz CT molecular complexity index is 1110. The first-order valence-electron chi connectivity index (χ1n) is 9.57. The number of carbonyl (C=O) groups excluding carboxylic acids is 3. The lowest BCUT2D eigenvalue weighted by molar-refractivity contribution is -0.130. The van der Waals surface area contributed by atoms with Crippen molar-refractivity contribution in [1.82, 2.24) is 19.8 Å². The number of piperazine rings is 1. The van der Waals surface area contributed by atoms with Crippen LogP contribution in [0.15, 0.2) is 48.8 Å². The van der Waals surface area contributed by atoms with Gasteiger partial charge in [0.1, 0.15) is 5.65 Å². The number of carbonyl (C=O) groups is 3. The van der Waals surface area contributed by atoms with E-state index < -0.39 is 11.7 Å². The third-order valence-corrected chi connectivity index (χ3v) is 5.33. The van der Waals surface area contributed by atoms with E-state index in [1.165, 1.54) is 23.4 Å². The topological polar surface area (TPSA) is 119 Å². The van der Waals surface area contributed by atoms with Gasteiger partial charge in [-0.05, 0) is 25.1 Å². The predicted molar refractivity (Wildman–Crippen MR) is 109 cm³/mol. The summed E-state index contributed by atoms with van der Waals surface area (Å²) in [6, 6.07) is 10.2. The predicted octanol–water partition coefficient (Wildman–Crippen LogP) is 1.92. The van der Waals surface area contributed by atoms with Crippen LogP contribution in [0.2, 0.25) is 0 Å². The molecule has 0 aliphatic carbocycles. The van der Waals surface area contributed by atoms with E-state index in [0.717, 1.165) is 0 Å². The molecule has 3 heterocycles. The van der Waals surface area contributed by atoms with E-state index >= 15 is 0 Å². The maximum atomic E-state index is 13.0. The van der Waals surface area contributed by atoms with Gasteiger partial charge >= 0.3 is 0 Å². The van der Waals surface area contributed by atoms with Crippen LogP contribution in [0.1, 0.15) is 27.6 Å². The summed E-state index contributed by atoms with van der Waals surface area (Å²) in [6.45, 7) is 2.75. The number of hydrogen-bond donors (Lipinski definition) is 3. The fraction of sp³-hybridized carbons (Fsp3) is 0.238. The molecule has 4 rings (SSSR count). The van der Waals surface area contributed by atoms with Crippen LogP contribution in [0.3, 0.4) is 0 Å². The lowest BCUT2D eigenvalue weighted by Gasteiger charge is -2.39. The highest BCUT2D eigenvalue weighted by Gasteiger charge is 2.34. The Morgan fingerprint density at radius 2 is 1.93 bits per heavy atom. The molecule has 30 heavy (non-hydrogen) atoms. The number of hydrogen-bond acceptors (Lipinski definition) is 6. The maximum absolute atomic E-state index is 13.0. The van der Waals surface area contributed by atoms with Crippen LogP contribution >= 0.6 is 0 Å². The van der Waals surface area contributed by atoms with Crippen LogP contribution in [-0.4, -0.2) is 68.2 Å². The number of nitrogens with zero attached hydrogens (tertiary/aromatic N) is 3. The molecular weight excluding hydrogens is 386 g/mol. The minimum Gasteiger partial charge on any atom is -0.345 e. The molecule has 2 aromatic heterocycles. The van der Waals surface area contributed by atoms with E-state index in [1.54, 1.807) is 29.2 Å². The molecule has 1 aromatic carbocycles. The number of Topliss-reactive ketones (excluding diaryl/α,β-unsaturated/α-hetero) is 1. The molecular formula is C21H21N5O4. The number of benzene rings is 1. The van der Waals surface area contributed by atoms with E-state index in [1.807, 2.05) is 18.5 Å². The van der Waals surface area contributed by atoms with Gasteiger partial charge in [0.25, 0.3) is 17.6 Å². The Labute approximate surface area is 172 Å². The molecule has 0 radical (unpaired) electrons. The summed E-state index contributed by atoms with van der Waals surface area (Å²) in [7, 11) is 0. The molecule has 154 valence electrons. The molecule has 0 saturated carbocycles. The van der Waals surface area contributed by atoms with Crippen molar-refractivity contribution < 1.29 is 19.6 Å². The minimum absolute atomic E-state index is 0.0951. The van der Waals surface area contributed by atoms with E-state index in [4.69, 9.17) is 0 Å². The number of anilines is 1. The summed E-state index contributed by atoms with van der Waals surface area (Å²) in [5.74, 6) is -1.44. The fourth-order valence-electron chi connectivity index (χ4n) is 3.78. The molecule has 1 unspecified atom stereocenters. The van der Waals surface area contributed by atoms with Gasteiger partial charge in [-0.2, -0.15) is 0 Å². The van der Waals surface area contributed by atoms with Gasteiger partial charge in [0.15, 0.2) is 0 Å². The number of pyridine rings is 1. The first-order valence-corrected chi connectivity index (χ1v) is 9.57. The molecule has 3 N–H and O–H groups in total. The number of rotatable bonds is 4. The average molecular weight is 407 g/mol. The number of ketones is 1. The molecule has 1 saturated heterocycles. The van der Waals surface area contributed by atoms with Gasteiger partial charge in [-0.25, -0.2) is 4.98 Å². The van der Waals surface area contributed by atoms with Crippen molar-refractivity contribution in [2.24, 2.45) is 0 Å². The summed E-state index contributed by atoms with van der Waals surface area (Å²) in [4.78, 5) is 48.7. The Hall–Kier alpha value is -3.72. The second-order valence-electron chi connectivity index (χ2n) is 7.19. The average Bonchev–Trinajstić information content (AvgIpc) is 3.22. The second-order valence-corrected chi connectivity index (χ2v) is 7.19. The van der Waals surface area contributed by atoms with Crippen molar-refractivity contribution in [2.45, 2.75) is 13.0 Å². The summed E-state index contributed by atoms with van der Waals surface area (Å²) >= 11 is 0. The number of aromatic nitrogens is 2. The third kappa shape index (κ3) is 3.39. The van der Waals surface area contributed by atoms with Gasteiger partial charge in [0, 0.05) is 43.6 Å². The van der Waals surface area contributed by atoms with E-state index in [0.29, 0.717) is 29.7 Å². The number of H-pyrrole nitrogens is 1. The number of nitrogens with one attached hydrogen (secondary N) is 2. The Kier molecular flexibility index (Phi) is 5.20. The summed E-state index contributed by atoms with van der Waals surface area (Å²) in [5, 5.41) is 9.68. The zero-order valence-corrected chi connectivity index (χ0v) is 16.3. The van der Waals surface area contributed by atoms with Crippen LogP contribution in [0, 0.1) is 0 Å². The van der Waals surface area contributed by atoms with Gasteiger partial charge < -0.3 is 14.8 Å². The summed E-state index contributed by atoms with van der Waals surface area (Å²) < 4.78 is 0. The SMILES string of the molecule is CC1CN(C(=O)c2ccccc2)CCN1C(=O)C(=O)c1c[nH]c2nccc(NO)c12. The fourth-order valence-corrected chi connectivity index (χ4v) is 3.78. The molecule has 1 atom stereocenters. The monoisotopic (exact) mass is 407 g/mol. The van der Waals surface area contributed by atoms with E-state index in [9.17, 15) is 19.6 Å². The Morgan fingerprint density at radius 1 is 1.17 bits per heavy atom. The quantitative estimate of drug-likeness (QED) is 0.345. The summed E-state index contributed by atoms with van der Waals surface area (Å²) in [5.41, 5.74) is 3.43. The van der Waals surface area contributed by atoms with Crippen LogP contribution in [0.5, 0.6) is 0 Å². The molecule has 1 aliphatic heterocycles. The molecule has 0 bridgehead atoms. The second kappa shape index (κ2) is 7.96.